The Morgan fingerprint density at radius 3 is 1.75 bits per heavy atom. The summed E-state index contributed by atoms with van der Waals surface area (Å²) in [5.41, 5.74) is -2.07. The number of azo groups is 3. The Labute approximate surface area is 384 Å². The molecule has 8 N–H and O–H groups in total. The van der Waals surface area contributed by atoms with E-state index in [2.05, 4.69) is 35.8 Å². The number of carboxylic acid groups (broad SMARTS) is 1. The van der Waals surface area contributed by atoms with Crippen LogP contribution in [-0.4, -0.2) is 114 Å². The summed E-state index contributed by atoms with van der Waals surface area (Å²) < 4.78 is 119. The van der Waals surface area contributed by atoms with E-state index in [9.17, 15) is 69.2 Å². The van der Waals surface area contributed by atoms with Crippen LogP contribution < -0.4 is 14.2 Å². The van der Waals surface area contributed by atoms with Crippen LogP contribution in [-0.2, 0) is 30.4 Å². The van der Waals surface area contributed by atoms with Crippen LogP contribution in [0.15, 0.2) is 112 Å². The lowest BCUT2D eigenvalue weighted by atomic mass is 10.1. The third kappa shape index (κ3) is 10.8. The summed E-state index contributed by atoms with van der Waals surface area (Å²) in [6, 6.07) is 11.9. The van der Waals surface area contributed by atoms with Crippen molar-refractivity contribution in [1.82, 2.24) is 9.78 Å². The van der Waals surface area contributed by atoms with E-state index < -0.39 is 87.1 Å². The summed E-state index contributed by atoms with van der Waals surface area (Å²) in [6.45, 7) is 1.09. The minimum absolute atomic E-state index is 0.0264. The van der Waals surface area contributed by atoms with Crippen LogP contribution in [0.1, 0.15) is 21.6 Å². The predicted octanol–water partition coefficient (Wildman–Crippen LogP) is 6.49. The average molecular weight is 1000 g/mol. The van der Waals surface area contributed by atoms with Crippen molar-refractivity contribution >= 4 is 81.2 Å². The maximum atomic E-state index is 12.8. The van der Waals surface area contributed by atoms with Crippen molar-refractivity contribution < 1.29 is 83.4 Å². The zero-order valence-electron chi connectivity index (χ0n) is 35.1. The normalized spacial score (nSPS) is 12.5. The van der Waals surface area contributed by atoms with Gasteiger partial charge in [0.1, 0.15) is 68.7 Å². The molecule has 0 fully saturated rings. The van der Waals surface area contributed by atoms with Gasteiger partial charge in [-0.15, -0.1) is 30.7 Å². The number of benzene rings is 5. The number of fused-ring (bicyclic) bond motifs is 1. The van der Waals surface area contributed by atoms with Crippen molar-refractivity contribution in [3.05, 3.63) is 83.6 Å². The molecule has 358 valence electrons. The molecule has 0 aliphatic carbocycles. The first-order chi connectivity index (χ1) is 32.0. The smallest absolute Gasteiger partial charge is 0.338 e. The molecule has 0 saturated carbocycles. The summed E-state index contributed by atoms with van der Waals surface area (Å²) >= 11 is 0. The van der Waals surface area contributed by atoms with Gasteiger partial charge in [-0.3, -0.25) is 13.7 Å². The zero-order valence-corrected chi connectivity index (χ0v) is 37.6. The molecule has 0 spiro atoms. The van der Waals surface area contributed by atoms with E-state index in [1.165, 1.54) is 45.2 Å². The van der Waals surface area contributed by atoms with Gasteiger partial charge in [-0.1, -0.05) is 0 Å². The van der Waals surface area contributed by atoms with Crippen molar-refractivity contribution in [2.75, 3.05) is 33.5 Å². The number of aromatic hydroxyl groups is 2. The van der Waals surface area contributed by atoms with Crippen molar-refractivity contribution in [2.45, 2.75) is 28.5 Å². The Bertz CT molecular complexity index is 3430. The third-order valence-electron chi connectivity index (χ3n) is 9.33. The van der Waals surface area contributed by atoms with Crippen LogP contribution in [0.5, 0.6) is 28.9 Å². The topological polar surface area (TPSA) is 401 Å². The van der Waals surface area contributed by atoms with Crippen molar-refractivity contribution in [2.24, 2.45) is 30.7 Å². The molecule has 6 rings (SSSR count). The summed E-state index contributed by atoms with van der Waals surface area (Å²) in [7, 11) is -13.4. The van der Waals surface area contributed by atoms with Crippen molar-refractivity contribution in [1.29, 1.82) is 0 Å². The van der Waals surface area contributed by atoms with Crippen LogP contribution >= 0.6 is 0 Å². The van der Waals surface area contributed by atoms with Crippen molar-refractivity contribution in [3.8, 4) is 34.6 Å². The third-order valence-corrected chi connectivity index (χ3v) is 12.0. The molecule has 0 bridgehead atoms. The van der Waals surface area contributed by atoms with Crippen LogP contribution in [0.3, 0.4) is 0 Å². The number of aliphatic hydroxyl groups is 2. The van der Waals surface area contributed by atoms with E-state index in [1.807, 2.05) is 0 Å². The van der Waals surface area contributed by atoms with Gasteiger partial charge in [-0.25, -0.2) is 4.79 Å². The predicted molar refractivity (Wildman–Crippen MR) is 234 cm³/mol. The van der Waals surface area contributed by atoms with E-state index in [4.69, 9.17) is 14.2 Å². The first-order valence-corrected chi connectivity index (χ1v) is 23.3. The first kappa shape index (κ1) is 49.9. The highest BCUT2D eigenvalue weighted by Gasteiger charge is 2.25. The van der Waals surface area contributed by atoms with Gasteiger partial charge in [0.2, 0.25) is 5.88 Å². The maximum Gasteiger partial charge on any atom is 0.338 e. The molecule has 68 heavy (non-hydrogen) atoms. The Hall–Kier alpha value is -7.51. The average Bonchev–Trinajstić information content (AvgIpc) is 3.56. The van der Waals surface area contributed by atoms with Gasteiger partial charge >= 0.3 is 5.97 Å². The van der Waals surface area contributed by atoms with Gasteiger partial charge in [0.15, 0.2) is 11.4 Å². The number of hydrogen-bond acceptors (Lipinski definition) is 21. The fraction of sp³-hybridized carbons (Fsp3) is 0.179. The molecule has 0 unspecified atom stereocenters. The number of carboxylic acids is 1. The number of carbonyl (C=O) groups is 1. The molecule has 0 saturated heterocycles. The molecule has 26 nitrogen and oxygen atoms in total. The van der Waals surface area contributed by atoms with Gasteiger partial charge < -0.3 is 39.7 Å². The minimum Gasteiger partial charge on any atom is -0.505 e. The van der Waals surface area contributed by atoms with Gasteiger partial charge in [0, 0.05) is 23.6 Å². The minimum atomic E-state index is -5.20. The number of nitrogens with zero attached hydrogens (tertiary/aromatic N) is 8. The molecule has 6 aromatic rings. The Balaban J connectivity index is 1.40. The van der Waals surface area contributed by atoms with Gasteiger partial charge in [-0.2, -0.15) is 35.0 Å². The molecule has 0 amide bonds. The lowest BCUT2D eigenvalue weighted by Crippen LogP contribution is -2.04. The number of aliphatic hydroxyl groups excluding tert-OH is 2. The second-order valence-electron chi connectivity index (χ2n) is 13.9. The van der Waals surface area contributed by atoms with Crippen LogP contribution in [0, 0.1) is 13.8 Å². The second kappa shape index (κ2) is 19.8. The Morgan fingerprint density at radius 1 is 0.647 bits per heavy atom. The van der Waals surface area contributed by atoms with E-state index in [0.29, 0.717) is 6.07 Å². The zero-order chi connectivity index (χ0) is 49.9. The van der Waals surface area contributed by atoms with E-state index in [-0.39, 0.29) is 86.6 Å². The molecule has 0 aliphatic rings. The monoisotopic (exact) mass is 1000 g/mol. The number of phenolic OH excluding ortho intramolecular Hbond substituents is 1. The molecular formula is C39H36N8O18S3. The van der Waals surface area contributed by atoms with Crippen LogP contribution in [0.4, 0.5) is 34.1 Å². The summed E-state index contributed by atoms with van der Waals surface area (Å²) in [5.74, 6) is -3.51. The molecule has 1 heterocycles. The number of methoxy groups -OCH3 is 1. The highest BCUT2D eigenvalue weighted by Crippen LogP contribution is 2.46. The Morgan fingerprint density at radius 2 is 1.21 bits per heavy atom. The fourth-order valence-electron chi connectivity index (χ4n) is 6.23. The number of aryl methyl sites for hydroxylation is 2. The molecular weight excluding hydrogens is 965 g/mol. The lowest BCUT2D eigenvalue weighted by Gasteiger charge is -2.13. The largest absolute Gasteiger partial charge is 0.505 e. The second-order valence-corrected chi connectivity index (χ2v) is 18.1. The lowest BCUT2D eigenvalue weighted by molar-refractivity contribution is 0.0697. The number of phenols is 1. The summed E-state index contributed by atoms with van der Waals surface area (Å²) in [6.07, 6.45) is 0. The van der Waals surface area contributed by atoms with E-state index in [1.54, 1.807) is 0 Å². The number of rotatable bonds is 18. The van der Waals surface area contributed by atoms with Gasteiger partial charge in [-0.05, 0) is 73.3 Å². The number of hydrogen-bond donors (Lipinski definition) is 8. The summed E-state index contributed by atoms with van der Waals surface area (Å²) in [4.78, 5) is 9.80. The highest BCUT2D eigenvalue weighted by atomic mass is 32.2. The van der Waals surface area contributed by atoms with Gasteiger partial charge in [0.25, 0.3) is 30.4 Å². The van der Waals surface area contributed by atoms with Crippen LogP contribution in [0.2, 0.25) is 0 Å². The molecule has 0 atom stereocenters. The van der Waals surface area contributed by atoms with E-state index >= 15 is 0 Å². The highest BCUT2D eigenvalue weighted by molar-refractivity contribution is 7.86. The van der Waals surface area contributed by atoms with Crippen molar-refractivity contribution in [3.63, 3.8) is 0 Å². The summed E-state index contributed by atoms with van der Waals surface area (Å²) in [5, 5.41) is 79.4. The quantitative estimate of drug-likeness (QED) is 0.0337. The number of aromatic carboxylic acids is 1. The molecule has 5 aromatic carbocycles. The number of ether oxygens (including phenoxy) is 3. The fourth-order valence-corrected chi connectivity index (χ4v) is 8.11. The van der Waals surface area contributed by atoms with Gasteiger partial charge in [0.05, 0.1) is 42.2 Å². The number of aromatic nitrogens is 2. The molecule has 1 aromatic heterocycles. The molecule has 0 radical (unpaired) electrons. The maximum absolute atomic E-state index is 12.8. The Kier molecular flexibility index (Phi) is 14.5. The standard InChI is InChI=1S/C39H36N8O18S3/c1-19-12-27(30(63-3)18-33(19)67(57,58)59)42-44-35-20(2)46-47(38(35)51)22-4-6-24-21(13-22)14-34(68(60,61)62)36(37(24)50)45-43-29-17-31(64-10-8-48)28(16-32(29)65-11-9-49)41-40-26-7-5-23(66(54,55)56)15-25(26)39(52)53/h4-7,12-18,48-51H,8-11H2,1-3H3,(H,52,53)(H,54,55,56)(H,57,58,59)(H,60,61,62). The van der Waals surface area contributed by atoms with Crippen LogP contribution in [0.25, 0.3) is 16.5 Å². The first-order valence-electron chi connectivity index (χ1n) is 18.9. The molecule has 0 aliphatic heterocycles. The SMILES string of the molecule is COc1cc(S(=O)(=O)O)c(C)cc1N=Nc1c(C)nn(-c2ccc3c(O)c(N=Nc4cc(OCCO)c(N=Nc5ccc(S(=O)(=O)O)cc5C(=O)O)cc4OCCO)c(S(=O)(=O)O)cc3c2)c1O. The van der Waals surface area contributed by atoms with E-state index in [0.717, 1.165) is 41.1 Å². The molecule has 29 heteroatoms.